The number of rotatable bonds is 1. The molecule has 0 spiro atoms. The van der Waals surface area contributed by atoms with Crippen molar-refractivity contribution in [3.63, 3.8) is 0 Å². The van der Waals surface area contributed by atoms with Crippen LogP contribution in [0.5, 0.6) is 0 Å². The summed E-state index contributed by atoms with van der Waals surface area (Å²) in [4.78, 5) is 18.8. The molecule has 4 nitrogen and oxygen atoms in total. The van der Waals surface area contributed by atoms with Crippen LogP contribution in [0.15, 0.2) is 52.0 Å². The third kappa shape index (κ3) is 1.78. The monoisotopic (exact) mass is 289 g/mol. The van der Waals surface area contributed by atoms with Crippen molar-refractivity contribution in [3.05, 3.63) is 57.6 Å². The first kappa shape index (κ1) is 10.3. The topological polar surface area (TPSA) is 50.2 Å². The number of nitrogens with one attached hydrogen (secondary N) is 1. The van der Waals surface area contributed by atoms with E-state index >= 15 is 0 Å². The number of fused-ring (bicyclic) bond motifs is 1. The first-order valence-corrected chi connectivity index (χ1v) is 5.86. The third-order valence-corrected chi connectivity index (χ3v) is 3.07. The van der Waals surface area contributed by atoms with Crippen LogP contribution in [-0.4, -0.2) is 14.4 Å². The Kier molecular flexibility index (Phi) is 2.33. The van der Waals surface area contributed by atoms with Crippen LogP contribution < -0.4 is 5.56 Å². The molecule has 0 aliphatic rings. The van der Waals surface area contributed by atoms with Gasteiger partial charge in [0, 0.05) is 22.9 Å². The molecule has 0 fully saturated rings. The molecule has 2 heterocycles. The fourth-order valence-corrected chi connectivity index (χ4v) is 1.96. The standard InChI is InChI=1S/C12H8BrN3O/c13-9-3-1-8(2-4-9)10-7-16-11(17)5-6-14-12(16)15-10/h1-7H,(H,14,15). The normalized spacial score (nSPS) is 10.9. The van der Waals surface area contributed by atoms with Gasteiger partial charge >= 0.3 is 0 Å². The van der Waals surface area contributed by atoms with Gasteiger partial charge in [0.2, 0.25) is 5.78 Å². The third-order valence-electron chi connectivity index (χ3n) is 2.54. The fourth-order valence-electron chi connectivity index (χ4n) is 1.69. The zero-order chi connectivity index (χ0) is 11.8. The van der Waals surface area contributed by atoms with E-state index in [0.29, 0.717) is 5.78 Å². The van der Waals surface area contributed by atoms with Gasteiger partial charge in [-0.05, 0) is 17.7 Å². The van der Waals surface area contributed by atoms with Gasteiger partial charge in [0.05, 0.1) is 5.69 Å². The van der Waals surface area contributed by atoms with Crippen molar-refractivity contribution in [2.75, 3.05) is 0 Å². The molecule has 0 aliphatic heterocycles. The lowest BCUT2D eigenvalue weighted by molar-refractivity contribution is 1.05. The lowest BCUT2D eigenvalue weighted by atomic mass is 10.2. The van der Waals surface area contributed by atoms with Crippen molar-refractivity contribution in [1.29, 1.82) is 0 Å². The van der Waals surface area contributed by atoms with E-state index < -0.39 is 0 Å². The van der Waals surface area contributed by atoms with Crippen LogP contribution in [0.2, 0.25) is 0 Å². The minimum absolute atomic E-state index is 0.0883. The van der Waals surface area contributed by atoms with Gasteiger partial charge in [-0.2, -0.15) is 0 Å². The Bertz CT molecular complexity index is 727. The molecule has 0 bridgehead atoms. The largest absolute Gasteiger partial charge is 0.323 e. The minimum Gasteiger partial charge on any atom is -0.323 e. The predicted molar refractivity (Wildman–Crippen MR) is 68.9 cm³/mol. The van der Waals surface area contributed by atoms with Crippen molar-refractivity contribution < 1.29 is 0 Å². The molecular formula is C12H8BrN3O. The zero-order valence-electron chi connectivity index (χ0n) is 8.72. The number of hydrogen-bond donors (Lipinski definition) is 1. The maximum Gasteiger partial charge on any atom is 0.259 e. The van der Waals surface area contributed by atoms with E-state index in [9.17, 15) is 4.79 Å². The van der Waals surface area contributed by atoms with Crippen molar-refractivity contribution in [2.45, 2.75) is 0 Å². The summed E-state index contributed by atoms with van der Waals surface area (Å²) in [5.74, 6) is 0.551. The molecule has 1 N–H and O–H groups in total. The molecule has 1 aromatic carbocycles. The van der Waals surface area contributed by atoms with Crippen molar-refractivity contribution >= 4 is 21.7 Å². The lowest BCUT2D eigenvalue weighted by Gasteiger charge is -1.96. The van der Waals surface area contributed by atoms with Crippen LogP contribution >= 0.6 is 15.9 Å². The molecular weight excluding hydrogens is 282 g/mol. The van der Waals surface area contributed by atoms with E-state index in [2.05, 4.69) is 25.9 Å². The second-order valence-electron chi connectivity index (χ2n) is 3.65. The molecule has 0 aliphatic carbocycles. The molecule has 0 unspecified atom stereocenters. The summed E-state index contributed by atoms with van der Waals surface area (Å²) < 4.78 is 2.52. The molecule has 0 saturated carbocycles. The van der Waals surface area contributed by atoms with E-state index in [1.165, 1.54) is 16.7 Å². The minimum atomic E-state index is -0.0883. The smallest absolute Gasteiger partial charge is 0.259 e. The molecule has 17 heavy (non-hydrogen) atoms. The summed E-state index contributed by atoms with van der Waals surface area (Å²) in [7, 11) is 0. The van der Waals surface area contributed by atoms with Crippen LogP contribution in [0.25, 0.3) is 17.0 Å². The van der Waals surface area contributed by atoms with Crippen molar-refractivity contribution in [3.8, 4) is 11.3 Å². The maximum absolute atomic E-state index is 11.6. The summed E-state index contributed by atoms with van der Waals surface area (Å²) in [5.41, 5.74) is 1.79. The summed E-state index contributed by atoms with van der Waals surface area (Å²) in [6, 6.07) is 9.29. The average molecular weight is 290 g/mol. The van der Waals surface area contributed by atoms with Crippen LogP contribution in [0.3, 0.4) is 0 Å². The molecule has 0 radical (unpaired) electrons. The molecule has 0 amide bonds. The van der Waals surface area contributed by atoms with Gasteiger partial charge < -0.3 is 4.98 Å². The highest BCUT2D eigenvalue weighted by molar-refractivity contribution is 9.10. The first-order chi connectivity index (χ1) is 8.24. The quantitative estimate of drug-likeness (QED) is 0.748. The van der Waals surface area contributed by atoms with E-state index in [1.54, 1.807) is 6.20 Å². The predicted octanol–water partition coefficient (Wildman–Crippen LogP) is 2.45. The highest BCUT2D eigenvalue weighted by Gasteiger charge is 2.04. The SMILES string of the molecule is O=c1ccnc2[nH]c(-c3ccc(Br)cc3)cn12. The fraction of sp³-hybridized carbons (Fsp3) is 0. The average Bonchev–Trinajstić information content (AvgIpc) is 2.75. The van der Waals surface area contributed by atoms with E-state index in [0.717, 1.165) is 15.7 Å². The number of hydrogen-bond acceptors (Lipinski definition) is 2. The van der Waals surface area contributed by atoms with Gasteiger partial charge in [0.15, 0.2) is 0 Å². The molecule has 5 heteroatoms. The van der Waals surface area contributed by atoms with Gasteiger partial charge in [0.25, 0.3) is 5.56 Å². The van der Waals surface area contributed by atoms with Crippen LogP contribution in [0.4, 0.5) is 0 Å². The van der Waals surface area contributed by atoms with Crippen LogP contribution in [0.1, 0.15) is 0 Å². The highest BCUT2D eigenvalue weighted by atomic mass is 79.9. The maximum atomic E-state index is 11.6. The molecule has 0 atom stereocenters. The van der Waals surface area contributed by atoms with Crippen molar-refractivity contribution in [2.24, 2.45) is 0 Å². The van der Waals surface area contributed by atoms with Gasteiger partial charge in [-0.1, -0.05) is 28.1 Å². The Hall–Kier alpha value is -1.88. The zero-order valence-corrected chi connectivity index (χ0v) is 10.3. The number of nitrogens with zero attached hydrogens (tertiary/aromatic N) is 2. The van der Waals surface area contributed by atoms with E-state index in [-0.39, 0.29) is 5.56 Å². The highest BCUT2D eigenvalue weighted by Crippen LogP contribution is 2.20. The number of aromatic amines is 1. The number of H-pyrrole nitrogens is 1. The number of benzene rings is 1. The Morgan fingerprint density at radius 2 is 1.94 bits per heavy atom. The Morgan fingerprint density at radius 3 is 2.65 bits per heavy atom. The van der Waals surface area contributed by atoms with E-state index in [1.807, 2.05) is 24.3 Å². The number of aromatic nitrogens is 3. The number of halogens is 1. The first-order valence-electron chi connectivity index (χ1n) is 5.06. The number of imidazole rings is 1. The molecule has 84 valence electrons. The van der Waals surface area contributed by atoms with Crippen LogP contribution in [-0.2, 0) is 0 Å². The van der Waals surface area contributed by atoms with Crippen LogP contribution in [0, 0.1) is 0 Å². The summed E-state index contributed by atoms with van der Waals surface area (Å²) in [5, 5.41) is 0. The van der Waals surface area contributed by atoms with Gasteiger partial charge in [0.1, 0.15) is 0 Å². The Morgan fingerprint density at radius 1 is 1.18 bits per heavy atom. The summed E-state index contributed by atoms with van der Waals surface area (Å²) in [6.07, 6.45) is 3.26. The summed E-state index contributed by atoms with van der Waals surface area (Å²) >= 11 is 3.39. The van der Waals surface area contributed by atoms with E-state index in [4.69, 9.17) is 0 Å². The second kappa shape index (κ2) is 3.85. The summed E-state index contributed by atoms with van der Waals surface area (Å²) in [6.45, 7) is 0. The van der Waals surface area contributed by atoms with Gasteiger partial charge in [-0.15, -0.1) is 0 Å². The molecule has 2 aromatic heterocycles. The second-order valence-corrected chi connectivity index (χ2v) is 4.57. The lowest BCUT2D eigenvalue weighted by Crippen LogP contribution is -2.09. The molecule has 3 rings (SSSR count). The Balaban J connectivity index is 2.21. The molecule has 0 saturated heterocycles. The molecule has 3 aromatic rings. The van der Waals surface area contributed by atoms with Gasteiger partial charge in [-0.3, -0.25) is 9.20 Å². The Labute approximate surface area is 105 Å². The van der Waals surface area contributed by atoms with Crippen molar-refractivity contribution in [1.82, 2.24) is 14.4 Å². The van der Waals surface area contributed by atoms with Gasteiger partial charge in [-0.25, -0.2) is 4.98 Å².